The molecule has 0 radical (unpaired) electrons. The summed E-state index contributed by atoms with van der Waals surface area (Å²) in [4.78, 5) is 14.0. The van der Waals surface area contributed by atoms with E-state index in [1.165, 1.54) is 13.2 Å². The largest absolute Gasteiger partial charge is 0.494 e. The van der Waals surface area contributed by atoms with Crippen molar-refractivity contribution in [1.82, 2.24) is 10.1 Å². The fourth-order valence-electron chi connectivity index (χ4n) is 2.08. The number of ether oxygens (including phenoxy) is 1. The smallest absolute Gasteiger partial charge is 0.243 e. The van der Waals surface area contributed by atoms with Crippen LogP contribution in [0.1, 0.15) is 18.2 Å². The van der Waals surface area contributed by atoms with Gasteiger partial charge in [-0.15, -0.1) is 0 Å². The maximum absolute atomic E-state index is 13.7. The van der Waals surface area contributed by atoms with Crippen LogP contribution in [0.2, 0.25) is 0 Å². The second-order valence-electron chi connectivity index (χ2n) is 5.38. The Balaban J connectivity index is 1.97. The monoisotopic (exact) mass is 321 g/mol. The summed E-state index contributed by atoms with van der Waals surface area (Å²) >= 11 is 0. The number of methoxy groups -OCH3 is 1. The summed E-state index contributed by atoms with van der Waals surface area (Å²) in [7, 11) is 3.21. The van der Waals surface area contributed by atoms with E-state index in [2.05, 4.69) is 10.5 Å². The van der Waals surface area contributed by atoms with Crippen molar-refractivity contribution in [3.63, 3.8) is 0 Å². The average Bonchev–Trinajstić information content (AvgIpc) is 2.91. The molecule has 23 heavy (non-hydrogen) atoms. The lowest BCUT2D eigenvalue weighted by Gasteiger charge is -2.23. The van der Waals surface area contributed by atoms with Crippen LogP contribution in [0.15, 0.2) is 28.8 Å². The molecule has 0 spiro atoms. The number of nitrogens with one attached hydrogen (secondary N) is 1. The molecule has 0 bridgehead atoms. The van der Waals surface area contributed by atoms with Gasteiger partial charge in [-0.2, -0.15) is 0 Å². The second-order valence-corrected chi connectivity index (χ2v) is 5.38. The summed E-state index contributed by atoms with van der Waals surface area (Å²) in [5.74, 6) is -0.142. The lowest BCUT2D eigenvalue weighted by Crippen LogP contribution is -2.39. The Labute approximate surface area is 134 Å². The number of nitrogens with zero attached hydrogens (tertiary/aromatic N) is 2. The van der Waals surface area contributed by atoms with Gasteiger partial charge in [0.15, 0.2) is 11.6 Å². The molecule has 1 heterocycles. The number of hydrogen-bond acceptors (Lipinski definition) is 5. The number of likely N-dealkylation sites (N-methyl/N-ethyl adjacent to an activating group) is 1. The van der Waals surface area contributed by atoms with E-state index in [1.54, 1.807) is 44.0 Å². The molecule has 0 saturated carbocycles. The van der Waals surface area contributed by atoms with E-state index in [9.17, 15) is 9.18 Å². The van der Waals surface area contributed by atoms with Gasteiger partial charge in [0.05, 0.1) is 18.8 Å². The molecule has 1 N–H and O–H groups in total. The quantitative estimate of drug-likeness (QED) is 0.886. The molecule has 0 aliphatic carbocycles. The first kappa shape index (κ1) is 17.0. The first-order valence-corrected chi connectivity index (χ1v) is 7.17. The molecule has 1 aromatic heterocycles. The van der Waals surface area contributed by atoms with Gasteiger partial charge >= 0.3 is 0 Å². The van der Waals surface area contributed by atoms with Crippen LogP contribution in [0.4, 0.5) is 10.3 Å². The first-order valence-electron chi connectivity index (χ1n) is 7.17. The van der Waals surface area contributed by atoms with Crippen LogP contribution in [0, 0.1) is 12.7 Å². The minimum Gasteiger partial charge on any atom is -0.494 e. The molecule has 6 nitrogen and oxygen atoms in total. The molecular formula is C16H20FN3O3. The number of carbonyl (C=O) groups is 1. The van der Waals surface area contributed by atoms with E-state index in [4.69, 9.17) is 9.26 Å². The standard InChI is InChI=1S/C16H20FN3O3/c1-10-7-15(23-19-10)18-16(21)11(2)20(3)9-12-5-6-14(22-4)13(17)8-12/h5-8,11H,9H2,1-4H3,(H,18,21). The summed E-state index contributed by atoms with van der Waals surface area (Å²) in [5, 5.41) is 6.37. The highest BCUT2D eigenvalue weighted by atomic mass is 19.1. The maximum atomic E-state index is 13.7. The van der Waals surface area contributed by atoms with Gasteiger partial charge in [-0.3, -0.25) is 15.0 Å². The zero-order chi connectivity index (χ0) is 17.0. The van der Waals surface area contributed by atoms with Crippen molar-refractivity contribution in [2.75, 3.05) is 19.5 Å². The van der Waals surface area contributed by atoms with Crippen molar-refractivity contribution in [2.45, 2.75) is 26.4 Å². The molecule has 1 atom stereocenters. The first-order chi connectivity index (χ1) is 10.9. The van der Waals surface area contributed by atoms with E-state index in [0.29, 0.717) is 18.1 Å². The Morgan fingerprint density at radius 3 is 2.78 bits per heavy atom. The third-order valence-electron chi connectivity index (χ3n) is 3.56. The molecular weight excluding hydrogens is 301 g/mol. The van der Waals surface area contributed by atoms with Crippen molar-refractivity contribution in [3.05, 3.63) is 41.3 Å². The summed E-state index contributed by atoms with van der Waals surface area (Å²) in [6, 6.07) is 5.96. The highest BCUT2D eigenvalue weighted by molar-refractivity contribution is 5.93. The van der Waals surface area contributed by atoms with Crippen LogP contribution >= 0.6 is 0 Å². The molecule has 2 aromatic rings. The number of benzene rings is 1. The lowest BCUT2D eigenvalue weighted by molar-refractivity contribution is -0.120. The minimum absolute atomic E-state index is 0.197. The third-order valence-corrected chi connectivity index (χ3v) is 3.56. The molecule has 124 valence electrons. The Hall–Kier alpha value is -2.41. The number of rotatable bonds is 6. The predicted molar refractivity (Wildman–Crippen MR) is 83.8 cm³/mol. The number of hydrogen-bond donors (Lipinski definition) is 1. The van der Waals surface area contributed by atoms with Crippen molar-refractivity contribution in [2.24, 2.45) is 0 Å². The van der Waals surface area contributed by atoms with Gasteiger partial charge in [-0.1, -0.05) is 11.2 Å². The number of carbonyl (C=O) groups excluding carboxylic acids is 1. The molecule has 1 amide bonds. The molecule has 7 heteroatoms. The number of halogens is 1. The van der Waals surface area contributed by atoms with Gasteiger partial charge in [0.25, 0.3) is 0 Å². The Morgan fingerprint density at radius 1 is 1.48 bits per heavy atom. The SMILES string of the molecule is COc1ccc(CN(C)C(C)C(=O)Nc2cc(C)no2)cc1F. The molecule has 0 aliphatic rings. The lowest BCUT2D eigenvalue weighted by atomic mass is 10.1. The van der Waals surface area contributed by atoms with E-state index >= 15 is 0 Å². The van der Waals surface area contributed by atoms with Crippen molar-refractivity contribution in [3.8, 4) is 5.75 Å². The van der Waals surface area contributed by atoms with Gasteiger partial charge < -0.3 is 9.26 Å². The summed E-state index contributed by atoms with van der Waals surface area (Å²) in [5.41, 5.74) is 1.44. The van der Waals surface area contributed by atoms with Gasteiger partial charge in [0, 0.05) is 12.6 Å². The van der Waals surface area contributed by atoms with Crippen LogP contribution < -0.4 is 10.1 Å². The highest BCUT2D eigenvalue weighted by Crippen LogP contribution is 2.19. The zero-order valence-electron chi connectivity index (χ0n) is 13.6. The van der Waals surface area contributed by atoms with Gasteiger partial charge in [0.1, 0.15) is 0 Å². The Morgan fingerprint density at radius 2 is 2.22 bits per heavy atom. The molecule has 1 aromatic carbocycles. The maximum Gasteiger partial charge on any atom is 0.243 e. The van der Waals surface area contributed by atoms with Gasteiger partial charge in [-0.25, -0.2) is 4.39 Å². The topological polar surface area (TPSA) is 67.6 Å². The second kappa shape index (κ2) is 7.23. The molecule has 0 aliphatic heterocycles. The summed E-state index contributed by atoms with van der Waals surface area (Å²) in [6.07, 6.45) is 0. The average molecular weight is 321 g/mol. The van der Waals surface area contributed by atoms with Crippen molar-refractivity contribution >= 4 is 11.8 Å². The Kier molecular flexibility index (Phi) is 5.33. The van der Waals surface area contributed by atoms with Gasteiger partial charge in [-0.05, 0) is 38.6 Å². The normalized spacial score (nSPS) is 12.3. The zero-order valence-corrected chi connectivity index (χ0v) is 13.6. The number of aromatic nitrogens is 1. The minimum atomic E-state index is -0.425. The van der Waals surface area contributed by atoms with Crippen molar-refractivity contribution < 1.29 is 18.4 Å². The van der Waals surface area contributed by atoms with E-state index < -0.39 is 11.9 Å². The van der Waals surface area contributed by atoms with E-state index in [1.807, 2.05) is 0 Å². The molecule has 2 rings (SSSR count). The van der Waals surface area contributed by atoms with Crippen LogP contribution in [0.3, 0.4) is 0 Å². The summed E-state index contributed by atoms with van der Waals surface area (Å²) < 4.78 is 23.6. The number of anilines is 1. The number of amides is 1. The number of aryl methyl sites for hydroxylation is 1. The summed E-state index contributed by atoms with van der Waals surface area (Å²) in [6.45, 7) is 3.95. The van der Waals surface area contributed by atoms with E-state index in [-0.39, 0.29) is 11.7 Å². The molecule has 0 fully saturated rings. The van der Waals surface area contributed by atoms with Gasteiger partial charge in [0.2, 0.25) is 11.8 Å². The van der Waals surface area contributed by atoms with Crippen molar-refractivity contribution in [1.29, 1.82) is 0 Å². The fourth-order valence-corrected chi connectivity index (χ4v) is 2.08. The molecule has 0 saturated heterocycles. The highest BCUT2D eigenvalue weighted by Gasteiger charge is 2.20. The van der Waals surface area contributed by atoms with Crippen LogP contribution in [0.5, 0.6) is 5.75 Å². The van der Waals surface area contributed by atoms with Crippen LogP contribution in [-0.4, -0.2) is 36.2 Å². The van der Waals surface area contributed by atoms with Crippen LogP contribution in [-0.2, 0) is 11.3 Å². The fraction of sp³-hybridized carbons (Fsp3) is 0.375. The van der Waals surface area contributed by atoms with Crippen LogP contribution in [0.25, 0.3) is 0 Å². The Bertz CT molecular complexity index is 687. The third kappa shape index (κ3) is 4.29. The molecule has 1 unspecified atom stereocenters. The predicted octanol–water partition coefficient (Wildman–Crippen LogP) is 2.59. The van der Waals surface area contributed by atoms with E-state index in [0.717, 1.165) is 5.56 Å².